The molecule has 1 aliphatic rings. The second-order valence-corrected chi connectivity index (χ2v) is 6.84. The first-order valence-corrected chi connectivity index (χ1v) is 8.28. The molecule has 6 heteroatoms. The summed E-state index contributed by atoms with van der Waals surface area (Å²) in [6, 6.07) is 0. The van der Waals surface area contributed by atoms with Gasteiger partial charge < -0.3 is 10.1 Å². The number of halogens is 1. The van der Waals surface area contributed by atoms with Crippen LogP contribution in [-0.2, 0) is 4.74 Å². The van der Waals surface area contributed by atoms with Crippen LogP contribution in [0.5, 0.6) is 0 Å². The van der Waals surface area contributed by atoms with Gasteiger partial charge in [-0.2, -0.15) is 0 Å². The number of anilines is 1. The van der Waals surface area contributed by atoms with Gasteiger partial charge in [0.05, 0.1) is 7.11 Å². The Morgan fingerprint density at radius 3 is 3.05 bits per heavy atom. The first kappa shape index (κ1) is 15.6. The van der Waals surface area contributed by atoms with E-state index in [9.17, 15) is 4.79 Å². The lowest BCUT2D eigenvalue weighted by molar-refractivity contribution is 0.0606. The Balaban J connectivity index is 1.81. The maximum absolute atomic E-state index is 11.4. The van der Waals surface area contributed by atoms with E-state index in [-0.39, 0.29) is 5.15 Å². The van der Waals surface area contributed by atoms with Crippen LogP contribution < -0.4 is 5.32 Å². The summed E-state index contributed by atoms with van der Waals surface area (Å²) < 4.78 is 4.66. The van der Waals surface area contributed by atoms with Crippen LogP contribution in [-0.4, -0.2) is 24.6 Å². The first-order valence-electron chi connectivity index (χ1n) is 7.08. The van der Waals surface area contributed by atoms with Crippen molar-refractivity contribution in [1.29, 1.82) is 0 Å². The van der Waals surface area contributed by atoms with Gasteiger partial charge in [0.2, 0.25) is 0 Å². The summed E-state index contributed by atoms with van der Waals surface area (Å²) in [6.45, 7) is 3.21. The Hall–Kier alpha value is -0.810. The largest absolute Gasteiger partial charge is 0.465 e. The molecular formula is C14H21ClN2O2S. The Morgan fingerprint density at radius 1 is 1.55 bits per heavy atom. The lowest BCUT2D eigenvalue weighted by atomic mass is 9.81. The molecule has 1 aromatic heterocycles. The van der Waals surface area contributed by atoms with Crippen molar-refractivity contribution in [1.82, 2.24) is 4.98 Å². The molecule has 112 valence electrons. The Morgan fingerprint density at radius 2 is 2.35 bits per heavy atom. The molecule has 1 fully saturated rings. The number of ether oxygens (including phenoxy) is 1. The van der Waals surface area contributed by atoms with Crippen LogP contribution in [0.1, 0.15) is 48.7 Å². The zero-order valence-electron chi connectivity index (χ0n) is 11.9. The average molecular weight is 317 g/mol. The van der Waals surface area contributed by atoms with E-state index in [1.807, 2.05) is 0 Å². The van der Waals surface area contributed by atoms with Crippen molar-refractivity contribution in [2.45, 2.75) is 39.0 Å². The maximum Gasteiger partial charge on any atom is 0.351 e. The number of hydrogen-bond acceptors (Lipinski definition) is 5. The van der Waals surface area contributed by atoms with E-state index in [4.69, 9.17) is 11.6 Å². The van der Waals surface area contributed by atoms with E-state index in [0.29, 0.717) is 10.0 Å². The highest BCUT2D eigenvalue weighted by Gasteiger charge is 2.19. The van der Waals surface area contributed by atoms with Crippen LogP contribution >= 0.6 is 22.9 Å². The van der Waals surface area contributed by atoms with Gasteiger partial charge >= 0.3 is 5.97 Å². The molecule has 1 aromatic rings. The van der Waals surface area contributed by atoms with Crippen LogP contribution in [0.25, 0.3) is 0 Å². The van der Waals surface area contributed by atoms with E-state index in [2.05, 4.69) is 22.0 Å². The third-order valence-corrected chi connectivity index (χ3v) is 5.21. The molecule has 0 aromatic carbocycles. The third kappa shape index (κ3) is 4.09. The Labute approximate surface area is 128 Å². The van der Waals surface area contributed by atoms with Crippen molar-refractivity contribution in [3.8, 4) is 0 Å². The number of nitrogens with one attached hydrogen (secondary N) is 1. The molecule has 1 saturated carbocycles. The fraction of sp³-hybridized carbons (Fsp3) is 0.714. The average Bonchev–Trinajstić information content (AvgIpc) is 2.79. The normalized spacial score (nSPS) is 22.6. The minimum atomic E-state index is -0.429. The molecule has 0 spiro atoms. The number of rotatable bonds is 5. The molecule has 0 aliphatic heterocycles. The predicted molar refractivity (Wildman–Crippen MR) is 82.7 cm³/mol. The molecule has 2 atom stereocenters. The fourth-order valence-electron chi connectivity index (χ4n) is 2.80. The first-order chi connectivity index (χ1) is 9.60. The van der Waals surface area contributed by atoms with Gasteiger partial charge in [0.15, 0.2) is 15.2 Å². The molecule has 2 rings (SSSR count). The van der Waals surface area contributed by atoms with Crippen molar-refractivity contribution in [2.75, 3.05) is 19.0 Å². The van der Waals surface area contributed by atoms with E-state index in [1.165, 1.54) is 44.1 Å². The molecule has 0 saturated heterocycles. The highest BCUT2D eigenvalue weighted by Crippen LogP contribution is 2.31. The standard InChI is InChI=1S/C14H21ClN2O2S/c1-9-4-3-5-10(8-9)6-7-16-14-17-12(15)11(20-14)13(18)19-2/h9-10H,3-8H2,1-2H3,(H,16,17). The highest BCUT2D eigenvalue weighted by molar-refractivity contribution is 7.18. The van der Waals surface area contributed by atoms with E-state index in [1.54, 1.807) is 0 Å². The van der Waals surface area contributed by atoms with Crippen molar-refractivity contribution >= 4 is 34.0 Å². The van der Waals surface area contributed by atoms with Gasteiger partial charge in [-0.1, -0.05) is 49.1 Å². The topological polar surface area (TPSA) is 51.2 Å². The van der Waals surface area contributed by atoms with Crippen molar-refractivity contribution in [3.63, 3.8) is 0 Å². The molecule has 1 heterocycles. The number of nitrogens with zero attached hydrogens (tertiary/aromatic N) is 1. The van der Waals surface area contributed by atoms with Crippen LogP contribution in [0.3, 0.4) is 0 Å². The van der Waals surface area contributed by atoms with Crippen LogP contribution in [0.15, 0.2) is 0 Å². The smallest absolute Gasteiger partial charge is 0.351 e. The summed E-state index contributed by atoms with van der Waals surface area (Å²) in [6.07, 6.45) is 6.52. The summed E-state index contributed by atoms with van der Waals surface area (Å²) in [5.41, 5.74) is 0. The number of thiazole rings is 1. The van der Waals surface area contributed by atoms with Crippen LogP contribution in [0, 0.1) is 11.8 Å². The molecule has 0 radical (unpaired) electrons. The van der Waals surface area contributed by atoms with Crippen molar-refractivity contribution in [3.05, 3.63) is 10.0 Å². The summed E-state index contributed by atoms with van der Waals surface area (Å²) in [7, 11) is 1.34. The van der Waals surface area contributed by atoms with E-state index < -0.39 is 5.97 Å². The molecule has 0 amide bonds. The van der Waals surface area contributed by atoms with Crippen LogP contribution in [0.4, 0.5) is 5.13 Å². The number of hydrogen-bond donors (Lipinski definition) is 1. The highest BCUT2D eigenvalue weighted by atomic mass is 35.5. The van der Waals surface area contributed by atoms with Gasteiger partial charge in [-0.3, -0.25) is 0 Å². The minimum Gasteiger partial charge on any atom is -0.465 e. The van der Waals surface area contributed by atoms with Crippen LogP contribution in [0.2, 0.25) is 5.15 Å². The maximum atomic E-state index is 11.4. The molecule has 2 unspecified atom stereocenters. The Kier molecular flexibility index (Phi) is 5.66. The number of methoxy groups -OCH3 is 1. The lowest BCUT2D eigenvalue weighted by Gasteiger charge is -2.26. The molecule has 4 nitrogen and oxygen atoms in total. The quantitative estimate of drug-likeness (QED) is 0.827. The third-order valence-electron chi connectivity index (χ3n) is 3.83. The molecule has 1 aliphatic carbocycles. The molecule has 20 heavy (non-hydrogen) atoms. The number of aromatic nitrogens is 1. The lowest BCUT2D eigenvalue weighted by Crippen LogP contribution is -2.16. The summed E-state index contributed by atoms with van der Waals surface area (Å²) in [5, 5.41) is 4.17. The monoisotopic (exact) mass is 316 g/mol. The van der Waals surface area contributed by atoms with E-state index in [0.717, 1.165) is 24.8 Å². The number of esters is 1. The SMILES string of the molecule is COC(=O)c1sc(NCCC2CCCC(C)C2)nc1Cl. The van der Waals surface area contributed by atoms with Crippen molar-refractivity contribution in [2.24, 2.45) is 11.8 Å². The molecule has 1 N–H and O–H groups in total. The van der Waals surface area contributed by atoms with Gasteiger partial charge in [-0.25, -0.2) is 9.78 Å². The Bertz CT molecular complexity index is 464. The predicted octanol–water partition coefficient (Wildman–Crippen LogP) is 4.21. The fourth-order valence-corrected chi connectivity index (χ4v) is 3.93. The molecular weight excluding hydrogens is 296 g/mol. The van der Waals surface area contributed by atoms with Gasteiger partial charge in [-0.05, 0) is 24.7 Å². The second-order valence-electron chi connectivity index (χ2n) is 5.48. The molecule has 0 bridgehead atoms. The van der Waals surface area contributed by atoms with E-state index >= 15 is 0 Å². The minimum absolute atomic E-state index is 0.218. The van der Waals surface area contributed by atoms with Crippen molar-refractivity contribution < 1.29 is 9.53 Å². The van der Waals surface area contributed by atoms with Gasteiger partial charge in [0.1, 0.15) is 0 Å². The zero-order valence-corrected chi connectivity index (χ0v) is 13.5. The summed E-state index contributed by atoms with van der Waals surface area (Å²) in [4.78, 5) is 16.0. The summed E-state index contributed by atoms with van der Waals surface area (Å²) >= 11 is 7.17. The second kappa shape index (κ2) is 7.27. The number of carbonyl (C=O) groups excluding carboxylic acids is 1. The zero-order chi connectivity index (χ0) is 14.5. The summed E-state index contributed by atoms with van der Waals surface area (Å²) in [5.74, 6) is 1.23. The van der Waals surface area contributed by atoms with Gasteiger partial charge in [0.25, 0.3) is 0 Å². The van der Waals surface area contributed by atoms with Gasteiger partial charge in [0, 0.05) is 6.54 Å². The van der Waals surface area contributed by atoms with Gasteiger partial charge in [-0.15, -0.1) is 0 Å². The number of carbonyl (C=O) groups is 1.